The van der Waals surface area contributed by atoms with Gasteiger partial charge in [-0.15, -0.1) is 0 Å². The topological polar surface area (TPSA) is 25.2 Å². The van der Waals surface area contributed by atoms with Crippen molar-refractivity contribution in [3.63, 3.8) is 0 Å². The second kappa shape index (κ2) is 4.39. The predicted molar refractivity (Wildman–Crippen MR) is 72.4 cm³/mol. The molecule has 1 aromatic heterocycles. The molecular weight excluding hydrogens is 229 g/mol. The molecule has 0 radical (unpaired) electrons. The van der Waals surface area contributed by atoms with Crippen LogP contribution in [0.3, 0.4) is 0 Å². The Balaban J connectivity index is 2.81. The van der Waals surface area contributed by atoms with E-state index < -0.39 is 0 Å². The van der Waals surface area contributed by atoms with Crippen LogP contribution in [-0.4, -0.2) is 7.05 Å². The van der Waals surface area contributed by atoms with Crippen LogP contribution in [0.5, 0.6) is 0 Å². The zero-order valence-electron chi connectivity index (χ0n) is 11.6. The quantitative estimate of drug-likeness (QED) is 0.873. The SMILES string of the molecule is CNCc1oc2c(C)cc(F)cc2c1C(C)(C)C. The number of aryl methyl sites for hydroxylation is 1. The van der Waals surface area contributed by atoms with Gasteiger partial charge in [0.2, 0.25) is 0 Å². The van der Waals surface area contributed by atoms with E-state index in [2.05, 4.69) is 26.1 Å². The molecule has 1 aromatic carbocycles. The lowest BCUT2D eigenvalue weighted by atomic mass is 9.84. The number of rotatable bonds is 2. The van der Waals surface area contributed by atoms with Gasteiger partial charge in [0, 0.05) is 10.9 Å². The normalized spacial score (nSPS) is 12.3. The van der Waals surface area contributed by atoms with Gasteiger partial charge in [-0.25, -0.2) is 4.39 Å². The van der Waals surface area contributed by atoms with Crippen LogP contribution in [-0.2, 0) is 12.0 Å². The molecule has 1 N–H and O–H groups in total. The number of fused-ring (bicyclic) bond motifs is 1. The molecule has 2 nitrogen and oxygen atoms in total. The Morgan fingerprint density at radius 3 is 2.50 bits per heavy atom. The molecule has 0 saturated carbocycles. The summed E-state index contributed by atoms with van der Waals surface area (Å²) in [6, 6.07) is 3.09. The first-order chi connectivity index (χ1) is 8.34. The Morgan fingerprint density at radius 1 is 1.28 bits per heavy atom. The number of nitrogens with one attached hydrogen (secondary N) is 1. The van der Waals surface area contributed by atoms with Gasteiger partial charge in [0.05, 0.1) is 6.54 Å². The summed E-state index contributed by atoms with van der Waals surface area (Å²) >= 11 is 0. The molecule has 2 aromatic rings. The van der Waals surface area contributed by atoms with E-state index in [9.17, 15) is 4.39 Å². The summed E-state index contributed by atoms with van der Waals surface area (Å²) in [6.07, 6.45) is 0. The summed E-state index contributed by atoms with van der Waals surface area (Å²) in [5.41, 5.74) is 2.66. The number of benzene rings is 1. The molecule has 0 saturated heterocycles. The fraction of sp³-hybridized carbons (Fsp3) is 0.467. The van der Waals surface area contributed by atoms with Crippen molar-refractivity contribution in [2.75, 3.05) is 7.05 Å². The van der Waals surface area contributed by atoms with E-state index in [0.717, 1.165) is 27.9 Å². The van der Waals surface area contributed by atoms with Gasteiger partial charge in [0.1, 0.15) is 17.2 Å². The highest BCUT2D eigenvalue weighted by atomic mass is 19.1. The van der Waals surface area contributed by atoms with Gasteiger partial charge in [-0.1, -0.05) is 20.8 Å². The van der Waals surface area contributed by atoms with E-state index in [1.807, 2.05) is 14.0 Å². The van der Waals surface area contributed by atoms with Crippen LogP contribution in [0.2, 0.25) is 0 Å². The smallest absolute Gasteiger partial charge is 0.137 e. The summed E-state index contributed by atoms with van der Waals surface area (Å²) < 4.78 is 19.5. The van der Waals surface area contributed by atoms with E-state index in [1.54, 1.807) is 6.07 Å². The van der Waals surface area contributed by atoms with Crippen LogP contribution >= 0.6 is 0 Å². The van der Waals surface area contributed by atoms with Crippen molar-refractivity contribution in [2.45, 2.75) is 39.7 Å². The summed E-state index contributed by atoms with van der Waals surface area (Å²) in [7, 11) is 1.88. The Labute approximate surface area is 107 Å². The molecule has 0 aliphatic carbocycles. The standard InChI is InChI=1S/C15H20FNO/c1-9-6-10(16)7-11-13(15(2,3)4)12(8-17-5)18-14(9)11/h6-7,17H,8H2,1-5H3. The first-order valence-corrected chi connectivity index (χ1v) is 6.21. The van der Waals surface area contributed by atoms with Crippen LogP contribution < -0.4 is 5.32 Å². The predicted octanol–water partition coefficient (Wildman–Crippen LogP) is 3.90. The van der Waals surface area contributed by atoms with Crippen molar-refractivity contribution in [3.8, 4) is 0 Å². The molecule has 0 atom stereocenters. The molecule has 18 heavy (non-hydrogen) atoms. The highest BCUT2D eigenvalue weighted by Crippen LogP contribution is 2.37. The van der Waals surface area contributed by atoms with Crippen LogP contribution in [0.25, 0.3) is 11.0 Å². The van der Waals surface area contributed by atoms with Crippen LogP contribution in [0.4, 0.5) is 4.39 Å². The van der Waals surface area contributed by atoms with E-state index in [4.69, 9.17) is 4.42 Å². The maximum atomic E-state index is 13.6. The number of furan rings is 1. The molecule has 0 unspecified atom stereocenters. The minimum absolute atomic E-state index is 0.0718. The lowest BCUT2D eigenvalue weighted by molar-refractivity contribution is 0.494. The molecule has 3 heteroatoms. The first kappa shape index (κ1) is 13.1. The molecule has 0 spiro atoms. The number of hydrogen-bond donors (Lipinski definition) is 1. The second-order valence-corrected chi connectivity index (χ2v) is 5.78. The highest BCUT2D eigenvalue weighted by molar-refractivity contribution is 5.86. The fourth-order valence-electron chi connectivity index (χ4n) is 2.48. The minimum atomic E-state index is -0.206. The van der Waals surface area contributed by atoms with Gasteiger partial charge in [0.25, 0.3) is 0 Å². The van der Waals surface area contributed by atoms with Crippen LogP contribution in [0.15, 0.2) is 16.5 Å². The number of hydrogen-bond acceptors (Lipinski definition) is 2. The van der Waals surface area contributed by atoms with Crippen molar-refractivity contribution in [1.29, 1.82) is 0 Å². The zero-order chi connectivity index (χ0) is 13.5. The van der Waals surface area contributed by atoms with Gasteiger partial charge >= 0.3 is 0 Å². The van der Waals surface area contributed by atoms with Gasteiger partial charge in [-0.05, 0) is 37.1 Å². The average molecular weight is 249 g/mol. The summed E-state index contributed by atoms with van der Waals surface area (Å²) in [5, 5.41) is 4.00. The third-order valence-corrected chi connectivity index (χ3v) is 3.10. The van der Waals surface area contributed by atoms with Crippen molar-refractivity contribution >= 4 is 11.0 Å². The molecule has 0 aliphatic rings. The summed E-state index contributed by atoms with van der Waals surface area (Å²) in [6.45, 7) is 8.90. The van der Waals surface area contributed by atoms with E-state index in [-0.39, 0.29) is 11.2 Å². The largest absolute Gasteiger partial charge is 0.459 e. The Morgan fingerprint density at radius 2 is 1.94 bits per heavy atom. The summed E-state index contributed by atoms with van der Waals surface area (Å²) in [5.74, 6) is 0.691. The monoisotopic (exact) mass is 249 g/mol. The Kier molecular flexibility index (Phi) is 3.20. The average Bonchev–Trinajstić information content (AvgIpc) is 2.56. The molecule has 0 bridgehead atoms. The lowest BCUT2D eigenvalue weighted by Gasteiger charge is -2.19. The van der Waals surface area contributed by atoms with Gasteiger partial charge in [0.15, 0.2) is 0 Å². The van der Waals surface area contributed by atoms with E-state index in [0.29, 0.717) is 6.54 Å². The van der Waals surface area contributed by atoms with Gasteiger partial charge in [-0.2, -0.15) is 0 Å². The van der Waals surface area contributed by atoms with Gasteiger partial charge < -0.3 is 9.73 Å². The third-order valence-electron chi connectivity index (χ3n) is 3.10. The maximum absolute atomic E-state index is 13.6. The van der Waals surface area contributed by atoms with E-state index in [1.165, 1.54) is 6.07 Å². The molecule has 1 heterocycles. The molecule has 98 valence electrons. The first-order valence-electron chi connectivity index (χ1n) is 6.21. The van der Waals surface area contributed by atoms with Crippen molar-refractivity contribution < 1.29 is 8.81 Å². The molecular formula is C15H20FNO. The Hall–Kier alpha value is -1.35. The minimum Gasteiger partial charge on any atom is -0.459 e. The van der Waals surface area contributed by atoms with Crippen molar-refractivity contribution in [1.82, 2.24) is 5.32 Å². The highest BCUT2D eigenvalue weighted by Gasteiger charge is 2.25. The van der Waals surface area contributed by atoms with E-state index >= 15 is 0 Å². The van der Waals surface area contributed by atoms with Crippen molar-refractivity contribution in [2.24, 2.45) is 0 Å². The van der Waals surface area contributed by atoms with Crippen molar-refractivity contribution in [3.05, 3.63) is 34.8 Å². The molecule has 2 rings (SSSR count). The maximum Gasteiger partial charge on any atom is 0.137 e. The fourth-order valence-corrected chi connectivity index (χ4v) is 2.48. The second-order valence-electron chi connectivity index (χ2n) is 5.78. The lowest BCUT2D eigenvalue weighted by Crippen LogP contribution is -2.16. The third kappa shape index (κ3) is 2.15. The zero-order valence-corrected chi connectivity index (χ0v) is 11.6. The Bertz CT molecular complexity index is 578. The van der Waals surface area contributed by atoms with Crippen LogP contribution in [0, 0.1) is 12.7 Å². The summed E-state index contributed by atoms with van der Waals surface area (Å²) in [4.78, 5) is 0. The van der Waals surface area contributed by atoms with Gasteiger partial charge in [-0.3, -0.25) is 0 Å². The molecule has 0 amide bonds. The number of halogens is 1. The molecule has 0 aliphatic heterocycles. The van der Waals surface area contributed by atoms with Crippen LogP contribution in [0.1, 0.15) is 37.7 Å². The molecule has 0 fully saturated rings.